The van der Waals surface area contributed by atoms with Crippen molar-refractivity contribution in [2.24, 2.45) is 0 Å². The molecule has 0 aliphatic heterocycles. The molecule has 0 radical (unpaired) electrons. The third-order valence-corrected chi connectivity index (χ3v) is 3.47. The predicted octanol–water partition coefficient (Wildman–Crippen LogP) is 3.16. The van der Waals surface area contributed by atoms with Gasteiger partial charge in [-0.3, -0.25) is 4.79 Å². The number of methoxy groups -OCH3 is 1. The summed E-state index contributed by atoms with van der Waals surface area (Å²) in [7, 11) is 1.49. The smallest absolute Gasteiger partial charge is 0.259 e. The zero-order chi connectivity index (χ0) is 15.4. The zero-order valence-corrected chi connectivity index (χ0v) is 12.8. The van der Waals surface area contributed by atoms with Gasteiger partial charge in [0.25, 0.3) is 5.91 Å². The summed E-state index contributed by atoms with van der Waals surface area (Å²) in [6.45, 7) is 0. The summed E-state index contributed by atoms with van der Waals surface area (Å²) in [5.41, 5.74) is 7.57. The van der Waals surface area contributed by atoms with Gasteiger partial charge in [0.1, 0.15) is 5.75 Å². The number of nitrogens with zero attached hydrogens (tertiary/aromatic N) is 1. The Labute approximate surface area is 130 Å². The third kappa shape index (κ3) is 3.33. The lowest BCUT2D eigenvalue weighted by molar-refractivity contribution is 0.102. The van der Waals surface area contributed by atoms with Gasteiger partial charge >= 0.3 is 0 Å². The molecule has 0 saturated heterocycles. The molecule has 0 saturated carbocycles. The molecular formula is C15H12BrN3O2. The number of carbonyl (C=O) groups is 1. The molecule has 6 heteroatoms. The molecular weight excluding hydrogens is 334 g/mol. The van der Waals surface area contributed by atoms with Crippen molar-refractivity contribution in [3.8, 4) is 11.8 Å². The van der Waals surface area contributed by atoms with Crippen LogP contribution in [0.15, 0.2) is 40.9 Å². The fourth-order valence-electron chi connectivity index (χ4n) is 1.78. The minimum atomic E-state index is -0.343. The number of amides is 1. The minimum Gasteiger partial charge on any atom is -0.496 e. The average molecular weight is 346 g/mol. The average Bonchev–Trinajstić information content (AvgIpc) is 2.49. The third-order valence-electron chi connectivity index (χ3n) is 2.81. The normalized spacial score (nSPS) is 9.76. The van der Waals surface area contributed by atoms with Gasteiger partial charge in [0, 0.05) is 10.2 Å². The van der Waals surface area contributed by atoms with Crippen LogP contribution in [0.4, 0.5) is 11.4 Å². The molecule has 0 aliphatic carbocycles. The topological polar surface area (TPSA) is 88.1 Å². The largest absolute Gasteiger partial charge is 0.496 e. The summed E-state index contributed by atoms with van der Waals surface area (Å²) in [5, 5.41) is 11.6. The number of hydrogen-bond donors (Lipinski definition) is 2. The Bertz CT molecular complexity index is 738. The van der Waals surface area contributed by atoms with Gasteiger partial charge < -0.3 is 15.8 Å². The van der Waals surface area contributed by atoms with E-state index in [9.17, 15) is 4.79 Å². The van der Waals surface area contributed by atoms with Crippen molar-refractivity contribution in [3.05, 3.63) is 52.0 Å². The molecule has 3 N–H and O–H groups in total. The van der Waals surface area contributed by atoms with E-state index in [4.69, 9.17) is 15.7 Å². The van der Waals surface area contributed by atoms with Crippen molar-refractivity contribution in [2.75, 3.05) is 18.2 Å². The van der Waals surface area contributed by atoms with Gasteiger partial charge in [0.2, 0.25) is 0 Å². The summed E-state index contributed by atoms with van der Waals surface area (Å²) >= 11 is 3.32. The Balaban J connectivity index is 2.30. The van der Waals surface area contributed by atoms with E-state index in [2.05, 4.69) is 21.2 Å². The number of anilines is 2. The fraction of sp³-hybridized carbons (Fsp3) is 0.0667. The van der Waals surface area contributed by atoms with Gasteiger partial charge in [-0.05, 0) is 52.3 Å². The first-order valence-corrected chi connectivity index (χ1v) is 6.79. The highest BCUT2D eigenvalue weighted by Crippen LogP contribution is 2.26. The molecule has 106 valence electrons. The van der Waals surface area contributed by atoms with Gasteiger partial charge in [0.15, 0.2) is 0 Å². The molecule has 2 rings (SSSR count). The number of rotatable bonds is 3. The lowest BCUT2D eigenvalue weighted by Crippen LogP contribution is -2.14. The van der Waals surface area contributed by atoms with Crippen molar-refractivity contribution in [1.29, 1.82) is 5.26 Å². The molecule has 5 nitrogen and oxygen atoms in total. The summed E-state index contributed by atoms with van der Waals surface area (Å²) in [5.74, 6) is 0.0935. The second-order valence-corrected chi connectivity index (χ2v) is 5.07. The first-order chi connectivity index (χ1) is 10.0. The van der Waals surface area contributed by atoms with Crippen molar-refractivity contribution in [3.63, 3.8) is 0 Å². The van der Waals surface area contributed by atoms with E-state index < -0.39 is 0 Å². The number of carbonyl (C=O) groups excluding carboxylic acids is 1. The van der Waals surface area contributed by atoms with E-state index in [1.165, 1.54) is 7.11 Å². The summed E-state index contributed by atoms with van der Waals surface area (Å²) in [6, 6.07) is 11.8. The molecule has 1 amide bonds. The van der Waals surface area contributed by atoms with Crippen LogP contribution in [0.25, 0.3) is 0 Å². The quantitative estimate of drug-likeness (QED) is 0.836. The molecule has 0 atom stereocenters. The molecule has 0 fully saturated rings. The van der Waals surface area contributed by atoms with Crippen LogP contribution in [0.5, 0.6) is 5.75 Å². The van der Waals surface area contributed by atoms with E-state index in [1.54, 1.807) is 36.4 Å². The summed E-state index contributed by atoms with van der Waals surface area (Å²) in [6.07, 6.45) is 0. The molecule has 0 spiro atoms. The molecule has 2 aromatic rings. The maximum atomic E-state index is 12.3. The van der Waals surface area contributed by atoms with Gasteiger partial charge in [0.05, 0.1) is 30.0 Å². The van der Waals surface area contributed by atoms with Crippen LogP contribution in [0.3, 0.4) is 0 Å². The number of nitrogens with two attached hydrogens (primary N) is 1. The van der Waals surface area contributed by atoms with E-state index in [0.29, 0.717) is 32.7 Å². The summed E-state index contributed by atoms with van der Waals surface area (Å²) in [4.78, 5) is 12.3. The molecule has 0 aliphatic rings. The Morgan fingerprint density at radius 2 is 2.10 bits per heavy atom. The highest BCUT2D eigenvalue weighted by molar-refractivity contribution is 9.10. The number of hydrogen-bond acceptors (Lipinski definition) is 4. The van der Waals surface area contributed by atoms with Gasteiger partial charge in [-0.1, -0.05) is 0 Å². The number of nitrogens with one attached hydrogen (secondary N) is 1. The second kappa shape index (κ2) is 6.29. The van der Waals surface area contributed by atoms with E-state index in [1.807, 2.05) is 6.07 Å². The van der Waals surface area contributed by atoms with Crippen LogP contribution < -0.4 is 15.8 Å². The standard InChI is InChI=1S/C15H12BrN3O2/c1-21-14-5-3-10(18)7-11(14)15(20)19-13-4-2-9(8-17)6-12(13)16/h2-7H,18H2,1H3,(H,19,20). The second-order valence-electron chi connectivity index (χ2n) is 4.22. The van der Waals surface area contributed by atoms with Crippen LogP contribution in [0.1, 0.15) is 15.9 Å². The van der Waals surface area contributed by atoms with Crippen LogP contribution in [-0.2, 0) is 0 Å². The molecule has 2 aromatic carbocycles. The van der Waals surface area contributed by atoms with Crippen molar-refractivity contribution in [1.82, 2.24) is 0 Å². The molecule has 0 heterocycles. The van der Waals surface area contributed by atoms with Gasteiger partial charge in [-0.25, -0.2) is 0 Å². The van der Waals surface area contributed by atoms with E-state index >= 15 is 0 Å². The number of ether oxygens (including phenoxy) is 1. The lowest BCUT2D eigenvalue weighted by atomic mass is 10.1. The minimum absolute atomic E-state index is 0.341. The van der Waals surface area contributed by atoms with E-state index in [0.717, 1.165) is 0 Å². The number of benzene rings is 2. The van der Waals surface area contributed by atoms with Crippen LogP contribution in [0.2, 0.25) is 0 Å². The SMILES string of the molecule is COc1ccc(N)cc1C(=O)Nc1ccc(C#N)cc1Br. The lowest BCUT2D eigenvalue weighted by Gasteiger charge is -2.11. The highest BCUT2D eigenvalue weighted by atomic mass is 79.9. The van der Waals surface area contributed by atoms with Crippen LogP contribution >= 0.6 is 15.9 Å². The van der Waals surface area contributed by atoms with Crippen LogP contribution in [-0.4, -0.2) is 13.0 Å². The summed E-state index contributed by atoms with van der Waals surface area (Å²) < 4.78 is 5.78. The van der Waals surface area contributed by atoms with Gasteiger partial charge in [-0.2, -0.15) is 5.26 Å². The van der Waals surface area contributed by atoms with Crippen molar-refractivity contribution < 1.29 is 9.53 Å². The van der Waals surface area contributed by atoms with Crippen molar-refractivity contribution in [2.45, 2.75) is 0 Å². The van der Waals surface area contributed by atoms with Gasteiger partial charge in [-0.15, -0.1) is 0 Å². The fourth-order valence-corrected chi connectivity index (χ4v) is 2.26. The van der Waals surface area contributed by atoms with Crippen molar-refractivity contribution >= 4 is 33.2 Å². The zero-order valence-electron chi connectivity index (χ0n) is 11.2. The number of nitrogen functional groups attached to an aromatic ring is 1. The first kappa shape index (κ1) is 14.9. The Hall–Kier alpha value is -2.52. The molecule has 21 heavy (non-hydrogen) atoms. The molecule has 0 aromatic heterocycles. The Morgan fingerprint density at radius 1 is 1.33 bits per heavy atom. The highest BCUT2D eigenvalue weighted by Gasteiger charge is 2.14. The Kier molecular flexibility index (Phi) is 4.45. The maximum Gasteiger partial charge on any atom is 0.259 e. The molecule has 0 unspecified atom stereocenters. The predicted molar refractivity (Wildman–Crippen MR) is 84.2 cm³/mol. The first-order valence-electron chi connectivity index (χ1n) is 5.99. The Morgan fingerprint density at radius 3 is 2.71 bits per heavy atom. The molecule has 0 bridgehead atoms. The maximum absolute atomic E-state index is 12.3. The monoisotopic (exact) mass is 345 g/mol. The van der Waals surface area contributed by atoms with E-state index in [-0.39, 0.29) is 5.91 Å². The van der Waals surface area contributed by atoms with Crippen LogP contribution in [0, 0.1) is 11.3 Å². The number of nitriles is 1. The number of halogens is 1.